The normalized spacial score (nSPS) is 11.7. The molecular formula is C35H32O8. The van der Waals surface area contributed by atoms with Gasteiger partial charge >= 0.3 is 0 Å². The second-order valence-corrected chi connectivity index (χ2v) is 9.81. The van der Waals surface area contributed by atoms with Gasteiger partial charge in [-0.2, -0.15) is 0 Å². The summed E-state index contributed by atoms with van der Waals surface area (Å²) in [7, 11) is 7.75. The lowest BCUT2D eigenvalue weighted by Gasteiger charge is -2.28. The topological polar surface area (TPSA) is 93.4 Å². The summed E-state index contributed by atoms with van der Waals surface area (Å²) >= 11 is 0. The van der Waals surface area contributed by atoms with Gasteiger partial charge in [-0.1, -0.05) is 24.3 Å². The largest absolute Gasteiger partial charge is 0.497 e. The Labute approximate surface area is 249 Å². The molecule has 0 bridgehead atoms. The summed E-state index contributed by atoms with van der Waals surface area (Å²) in [6, 6.07) is 24.9. The van der Waals surface area contributed by atoms with E-state index in [4.69, 9.17) is 28.1 Å². The summed E-state index contributed by atoms with van der Waals surface area (Å²) < 4.78 is 33.1. The highest BCUT2D eigenvalue weighted by atomic mass is 16.5. The first kappa shape index (κ1) is 29.3. The van der Waals surface area contributed by atoms with Crippen molar-refractivity contribution in [2.24, 2.45) is 0 Å². The Morgan fingerprint density at radius 3 is 1.67 bits per heavy atom. The van der Waals surface area contributed by atoms with Gasteiger partial charge in [0, 0.05) is 23.6 Å². The number of hydrogen-bond acceptors (Lipinski definition) is 8. The molecule has 0 unspecified atom stereocenters. The zero-order chi connectivity index (χ0) is 30.5. The first-order valence-electron chi connectivity index (χ1n) is 13.6. The molecule has 5 aromatic rings. The number of ether oxygens (including phenoxy) is 5. The van der Waals surface area contributed by atoms with Crippen LogP contribution in [0.25, 0.3) is 11.0 Å². The quantitative estimate of drug-likeness (QED) is 0.161. The van der Waals surface area contributed by atoms with Crippen LogP contribution in [0.3, 0.4) is 0 Å². The van der Waals surface area contributed by atoms with Crippen LogP contribution in [0, 0.1) is 0 Å². The minimum Gasteiger partial charge on any atom is -0.497 e. The van der Waals surface area contributed by atoms with E-state index in [2.05, 4.69) is 0 Å². The van der Waals surface area contributed by atoms with E-state index in [0.717, 1.165) is 11.1 Å². The molecule has 1 heterocycles. The summed E-state index contributed by atoms with van der Waals surface area (Å²) in [6.45, 7) is 0. The Kier molecular flexibility index (Phi) is 8.66. The molecule has 0 aliphatic rings. The van der Waals surface area contributed by atoms with Gasteiger partial charge in [-0.15, -0.1) is 0 Å². The van der Waals surface area contributed by atoms with Gasteiger partial charge in [0.15, 0.2) is 11.2 Å². The highest BCUT2D eigenvalue weighted by Crippen LogP contribution is 2.43. The zero-order valence-electron chi connectivity index (χ0n) is 24.6. The molecule has 0 saturated heterocycles. The highest BCUT2D eigenvalue weighted by Gasteiger charge is 2.37. The van der Waals surface area contributed by atoms with Gasteiger partial charge in [-0.25, -0.2) is 0 Å². The number of benzene rings is 4. The van der Waals surface area contributed by atoms with Crippen molar-refractivity contribution in [2.45, 2.75) is 11.8 Å². The van der Waals surface area contributed by atoms with Crippen LogP contribution < -0.4 is 29.1 Å². The van der Waals surface area contributed by atoms with Gasteiger partial charge in [0.1, 0.15) is 34.3 Å². The molecule has 5 rings (SSSR count). The predicted molar refractivity (Wildman–Crippen MR) is 163 cm³/mol. The molecule has 43 heavy (non-hydrogen) atoms. The Morgan fingerprint density at radius 1 is 0.628 bits per heavy atom. The van der Waals surface area contributed by atoms with Crippen LogP contribution in [0.4, 0.5) is 0 Å². The van der Waals surface area contributed by atoms with Crippen LogP contribution in [0.5, 0.6) is 28.7 Å². The number of methoxy groups -OCH3 is 5. The number of ketones is 1. The number of fused-ring (bicyclic) bond motifs is 1. The summed E-state index contributed by atoms with van der Waals surface area (Å²) in [5.74, 6) is 0.803. The van der Waals surface area contributed by atoms with E-state index in [9.17, 15) is 9.59 Å². The monoisotopic (exact) mass is 580 g/mol. The van der Waals surface area contributed by atoms with Crippen molar-refractivity contribution in [3.8, 4) is 28.7 Å². The van der Waals surface area contributed by atoms with Gasteiger partial charge in [0.25, 0.3) is 0 Å². The van der Waals surface area contributed by atoms with Crippen LogP contribution in [0.2, 0.25) is 0 Å². The molecule has 1 aromatic heterocycles. The number of rotatable bonds is 11. The van der Waals surface area contributed by atoms with Gasteiger partial charge in [-0.05, 0) is 59.7 Å². The molecule has 8 nitrogen and oxygen atoms in total. The predicted octanol–water partition coefficient (Wildman–Crippen LogP) is 6.63. The maximum atomic E-state index is 14.8. The Morgan fingerprint density at radius 2 is 1.14 bits per heavy atom. The second-order valence-electron chi connectivity index (χ2n) is 9.81. The van der Waals surface area contributed by atoms with Gasteiger partial charge in [0.05, 0.1) is 58.7 Å². The third-order valence-electron chi connectivity index (χ3n) is 7.58. The maximum absolute atomic E-state index is 14.8. The van der Waals surface area contributed by atoms with Crippen molar-refractivity contribution in [1.29, 1.82) is 0 Å². The van der Waals surface area contributed by atoms with E-state index in [1.807, 2.05) is 48.5 Å². The fraction of sp³-hybridized carbons (Fsp3) is 0.200. The summed E-state index contributed by atoms with van der Waals surface area (Å²) in [5.41, 5.74) is 2.14. The molecule has 0 saturated carbocycles. The van der Waals surface area contributed by atoms with Crippen molar-refractivity contribution >= 4 is 16.8 Å². The van der Waals surface area contributed by atoms with Crippen molar-refractivity contribution < 1.29 is 32.9 Å². The van der Waals surface area contributed by atoms with E-state index in [-0.39, 0.29) is 16.8 Å². The molecule has 8 heteroatoms. The van der Waals surface area contributed by atoms with E-state index in [1.54, 1.807) is 57.7 Å². The Hall–Kier alpha value is -5.24. The molecular weight excluding hydrogens is 548 g/mol. The third kappa shape index (κ3) is 5.77. The third-order valence-corrected chi connectivity index (χ3v) is 7.58. The highest BCUT2D eigenvalue weighted by molar-refractivity contribution is 6.04. The van der Waals surface area contributed by atoms with E-state index in [1.165, 1.54) is 20.5 Å². The SMILES string of the molecule is COc1ccc(C(c2ccc(OC)cc2)[C@@H](C(=O)c2ccc(OC)cc2OC)c2coc3cc(OC)ccc3c2=O)cc1. The standard InChI is InChI=1S/C35H32O8/c1-38-23-10-6-21(7-11-23)32(22-8-12-24(39-2)13-9-22)33(35(37)27-16-14-25(40-3)18-30(27)42-5)29-20-43-31-19-26(41-4)15-17-28(31)34(29)36/h6-20,32-33H,1-5H3/t33-/m0/s1. The van der Waals surface area contributed by atoms with Gasteiger partial charge < -0.3 is 28.1 Å². The minimum absolute atomic E-state index is 0.206. The average Bonchev–Trinajstić information content (AvgIpc) is 3.07. The lowest BCUT2D eigenvalue weighted by atomic mass is 9.73. The Balaban J connectivity index is 1.79. The molecule has 0 amide bonds. The lowest BCUT2D eigenvalue weighted by Crippen LogP contribution is -2.27. The van der Waals surface area contributed by atoms with E-state index in [0.29, 0.717) is 45.3 Å². The molecule has 4 aromatic carbocycles. The van der Waals surface area contributed by atoms with Crippen LogP contribution >= 0.6 is 0 Å². The summed E-state index contributed by atoms with van der Waals surface area (Å²) in [4.78, 5) is 29.0. The zero-order valence-corrected chi connectivity index (χ0v) is 24.6. The van der Waals surface area contributed by atoms with Gasteiger partial charge in [-0.3, -0.25) is 9.59 Å². The smallest absolute Gasteiger partial charge is 0.196 e. The number of hydrogen-bond donors (Lipinski definition) is 0. The summed E-state index contributed by atoms with van der Waals surface area (Å²) in [6.07, 6.45) is 1.38. The van der Waals surface area contributed by atoms with Crippen LogP contribution in [0.1, 0.15) is 38.9 Å². The second kappa shape index (κ2) is 12.7. The minimum atomic E-state index is -1.01. The fourth-order valence-corrected chi connectivity index (χ4v) is 5.31. The Bertz CT molecular complexity index is 1740. The number of carbonyl (C=O) groups excluding carboxylic acids is 1. The molecule has 0 aliphatic heterocycles. The van der Waals surface area contributed by atoms with Crippen molar-refractivity contribution in [3.05, 3.63) is 124 Å². The average molecular weight is 581 g/mol. The van der Waals surface area contributed by atoms with E-state index < -0.39 is 11.8 Å². The molecule has 1 atom stereocenters. The molecule has 220 valence electrons. The van der Waals surface area contributed by atoms with Crippen molar-refractivity contribution in [3.63, 3.8) is 0 Å². The molecule has 0 radical (unpaired) electrons. The molecule has 0 aliphatic carbocycles. The van der Waals surface area contributed by atoms with Crippen LogP contribution in [0.15, 0.2) is 100 Å². The van der Waals surface area contributed by atoms with Crippen LogP contribution in [-0.2, 0) is 0 Å². The molecule has 0 fully saturated rings. The van der Waals surface area contributed by atoms with Crippen molar-refractivity contribution in [1.82, 2.24) is 0 Å². The maximum Gasteiger partial charge on any atom is 0.196 e. The van der Waals surface area contributed by atoms with Crippen molar-refractivity contribution in [2.75, 3.05) is 35.5 Å². The van der Waals surface area contributed by atoms with Crippen LogP contribution in [-0.4, -0.2) is 41.3 Å². The molecule has 0 spiro atoms. The van der Waals surface area contributed by atoms with Gasteiger partial charge in [0.2, 0.25) is 0 Å². The first-order chi connectivity index (χ1) is 20.9. The van der Waals surface area contributed by atoms with E-state index >= 15 is 0 Å². The first-order valence-corrected chi connectivity index (χ1v) is 13.6. The molecule has 0 N–H and O–H groups in total. The lowest BCUT2D eigenvalue weighted by molar-refractivity contribution is 0.0947. The number of carbonyl (C=O) groups is 1. The fourth-order valence-electron chi connectivity index (χ4n) is 5.31. The number of Topliss-reactive ketones (excluding diaryl/α,β-unsaturated/α-hetero) is 1. The summed E-state index contributed by atoms with van der Waals surface area (Å²) in [5, 5.41) is 0.334.